The van der Waals surface area contributed by atoms with Crippen LogP contribution in [0.2, 0.25) is 0 Å². The van der Waals surface area contributed by atoms with E-state index in [0.717, 1.165) is 16.5 Å². The zero-order valence-corrected chi connectivity index (χ0v) is 35.2. The highest BCUT2D eigenvalue weighted by atomic mass is 16.4. The van der Waals surface area contributed by atoms with E-state index in [-0.39, 0.29) is 50.5 Å². The minimum absolute atomic E-state index is 0.0327. The summed E-state index contributed by atoms with van der Waals surface area (Å²) in [7, 11) is 0. The van der Waals surface area contributed by atoms with E-state index in [9.17, 15) is 48.6 Å². The SMILES string of the molecule is CC(C)C[C@H](NC(=O)CNC(=O)[C@H](Cc1cnc[nH]1)NC(=O)CNC(=O)CNC(=O)[C@H](CCCN=C(N)N)NC(=O)[C@@H](NC(=O)[C@@H](N)Cc1c[nH]c2ccccc12)[C@@H](C)O)C(=O)O. The van der Waals surface area contributed by atoms with Gasteiger partial charge in [-0.2, -0.15) is 0 Å². The Morgan fingerprint density at radius 3 is 2.02 bits per heavy atom. The number of nitrogens with two attached hydrogens (primary N) is 3. The first-order chi connectivity index (χ1) is 29.8. The van der Waals surface area contributed by atoms with E-state index in [4.69, 9.17) is 17.2 Å². The molecule has 17 N–H and O–H groups in total. The summed E-state index contributed by atoms with van der Waals surface area (Å²) >= 11 is 0. The van der Waals surface area contributed by atoms with Gasteiger partial charge < -0.3 is 74.6 Å². The minimum Gasteiger partial charge on any atom is -0.480 e. The number of carboxylic acids is 1. The number of amides is 7. The molecule has 0 saturated heterocycles. The van der Waals surface area contributed by atoms with Crippen molar-refractivity contribution in [3.8, 4) is 0 Å². The van der Waals surface area contributed by atoms with E-state index in [1.807, 2.05) is 24.3 Å². The number of aliphatic hydroxyl groups is 1. The highest BCUT2D eigenvalue weighted by Gasteiger charge is 2.32. The molecule has 2 aromatic heterocycles. The van der Waals surface area contributed by atoms with E-state index in [1.165, 1.54) is 19.4 Å². The molecule has 0 bridgehead atoms. The van der Waals surface area contributed by atoms with Gasteiger partial charge in [-0.15, -0.1) is 0 Å². The Bertz CT molecular complexity index is 2070. The number of guanidine groups is 1. The highest BCUT2D eigenvalue weighted by Crippen LogP contribution is 2.19. The number of hydrogen-bond acceptors (Lipinski definition) is 12. The summed E-state index contributed by atoms with van der Waals surface area (Å²) in [4.78, 5) is 116. The molecule has 24 heteroatoms. The number of aliphatic imine (C=N–C) groups is 1. The maximum absolute atomic E-state index is 13.4. The summed E-state index contributed by atoms with van der Waals surface area (Å²) in [6, 6.07) is 1.04. The Hall–Kier alpha value is -7.08. The molecule has 0 fully saturated rings. The molecule has 0 aliphatic rings. The maximum atomic E-state index is 13.4. The van der Waals surface area contributed by atoms with Crippen LogP contribution in [-0.4, -0.2) is 141 Å². The van der Waals surface area contributed by atoms with Gasteiger partial charge in [0.05, 0.1) is 38.1 Å². The Morgan fingerprint density at radius 1 is 0.762 bits per heavy atom. The molecular weight excluding hydrogens is 825 g/mol. The topological polar surface area (TPSA) is 396 Å². The van der Waals surface area contributed by atoms with Gasteiger partial charge in [0, 0.05) is 42.0 Å². The Balaban J connectivity index is 1.57. The van der Waals surface area contributed by atoms with Crippen LogP contribution < -0.4 is 54.4 Å². The Morgan fingerprint density at radius 2 is 1.40 bits per heavy atom. The molecular formula is C39H58N14O10. The van der Waals surface area contributed by atoms with Crippen LogP contribution in [0.4, 0.5) is 0 Å². The number of aliphatic hydroxyl groups excluding tert-OH is 1. The molecule has 0 spiro atoms. The quantitative estimate of drug-likeness (QED) is 0.0207. The number of nitrogens with one attached hydrogen (secondary N) is 9. The van der Waals surface area contributed by atoms with E-state index >= 15 is 0 Å². The van der Waals surface area contributed by atoms with Gasteiger partial charge in [0.1, 0.15) is 24.2 Å². The van der Waals surface area contributed by atoms with Crippen LogP contribution in [0.5, 0.6) is 0 Å². The number of para-hydroxylation sites is 1. The first-order valence-corrected chi connectivity index (χ1v) is 20.1. The molecule has 6 atom stereocenters. The fourth-order valence-corrected chi connectivity index (χ4v) is 6.16. The van der Waals surface area contributed by atoms with Gasteiger partial charge in [-0.3, -0.25) is 38.6 Å². The molecule has 63 heavy (non-hydrogen) atoms. The summed E-state index contributed by atoms with van der Waals surface area (Å²) in [6.07, 6.45) is 3.38. The smallest absolute Gasteiger partial charge is 0.326 e. The van der Waals surface area contributed by atoms with Gasteiger partial charge in [0.15, 0.2) is 5.96 Å². The molecule has 0 saturated carbocycles. The summed E-state index contributed by atoms with van der Waals surface area (Å²) in [5, 5.41) is 37.5. The fourth-order valence-electron chi connectivity index (χ4n) is 6.16. The predicted octanol–water partition coefficient (Wildman–Crippen LogP) is -4.14. The number of carbonyl (C=O) groups excluding carboxylic acids is 7. The van der Waals surface area contributed by atoms with Crippen LogP contribution in [0.15, 0.2) is 48.0 Å². The van der Waals surface area contributed by atoms with Crippen LogP contribution in [0.3, 0.4) is 0 Å². The molecule has 0 aliphatic heterocycles. The third-order valence-corrected chi connectivity index (χ3v) is 9.36. The van der Waals surface area contributed by atoms with Crippen molar-refractivity contribution in [1.82, 2.24) is 52.2 Å². The van der Waals surface area contributed by atoms with E-state index in [0.29, 0.717) is 5.69 Å². The molecule has 3 aromatic rings. The zero-order valence-electron chi connectivity index (χ0n) is 35.2. The van der Waals surface area contributed by atoms with Crippen molar-refractivity contribution in [2.45, 2.75) is 89.2 Å². The normalized spacial score (nSPS) is 13.9. The molecule has 7 amide bonds. The summed E-state index contributed by atoms with van der Waals surface area (Å²) < 4.78 is 0. The van der Waals surface area contributed by atoms with Crippen LogP contribution in [-0.2, 0) is 51.2 Å². The number of aromatic nitrogens is 3. The highest BCUT2D eigenvalue weighted by molar-refractivity contribution is 5.96. The van der Waals surface area contributed by atoms with Gasteiger partial charge in [-0.1, -0.05) is 32.0 Å². The molecule has 3 rings (SSSR count). The van der Waals surface area contributed by atoms with Crippen molar-refractivity contribution in [3.05, 3.63) is 54.2 Å². The standard InChI is InChI=1S/C39H58N14O10/c1-20(2)11-29(38(62)63)51-32(57)18-48-36(60)28(13-23-15-43-19-49-23)50-31(56)17-46-30(55)16-47-35(59)27(9-6-10-44-39(41)42)52-37(61)33(21(3)54)53-34(58)25(40)12-22-14-45-26-8-5-4-7-24(22)26/h4-5,7-8,14-15,19-21,25,27-29,33,45,54H,6,9-13,16-18,40H2,1-3H3,(H,43,49)(H,46,55)(H,47,59)(H,48,60)(H,50,56)(H,51,57)(H,52,61)(H,53,58)(H,62,63)(H4,41,42,44)/t21-,25+,27+,28+,29+,33+/m1/s1. The van der Waals surface area contributed by atoms with Gasteiger partial charge >= 0.3 is 5.97 Å². The Kier molecular flexibility index (Phi) is 20.0. The molecule has 0 unspecified atom stereocenters. The van der Waals surface area contributed by atoms with E-state index in [2.05, 4.69) is 57.2 Å². The third-order valence-electron chi connectivity index (χ3n) is 9.36. The lowest BCUT2D eigenvalue weighted by Gasteiger charge is -2.25. The molecule has 24 nitrogen and oxygen atoms in total. The maximum Gasteiger partial charge on any atom is 0.326 e. The lowest BCUT2D eigenvalue weighted by Crippen LogP contribution is -2.59. The third kappa shape index (κ3) is 17.4. The van der Waals surface area contributed by atoms with Gasteiger partial charge in [-0.25, -0.2) is 9.78 Å². The van der Waals surface area contributed by atoms with Crippen molar-refractivity contribution >= 4 is 64.2 Å². The summed E-state index contributed by atoms with van der Waals surface area (Å²) in [6.45, 7) is 3.03. The first-order valence-electron chi connectivity index (χ1n) is 20.1. The second-order valence-electron chi connectivity index (χ2n) is 15.1. The van der Waals surface area contributed by atoms with Crippen LogP contribution in [0.1, 0.15) is 51.3 Å². The van der Waals surface area contributed by atoms with Gasteiger partial charge in [0.2, 0.25) is 41.4 Å². The molecule has 0 radical (unpaired) electrons. The number of nitrogens with zero attached hydrogens (tertiary/aromatic N) is 2. The van der Waals surface area contributed by atoms with E-state index < -0.39 is 103 Å². The monoisotopic (exact) mass is 882 g/mol. The molecule has 0 aliphatic carbocycles. The minimum atomic E-state index is -1.53. The van der Waals surface area contributed by atoms with Crippen molar-refractivity contribution in [2.24, 2.45) is 28.1 Å². The van der Waals surface area contributed by atoms with Crippen LogP contribution >= 0.6 is 0 Å². The average molecular weight is 883 g/mol. The van der Waals surface area contributed by atoms with Gasteiger partial charge in [0.25, 0.3) is 0 Å². The van der Waals surface area contributed by atoms with Crippen LogP contribution in [0.25, 0.3) is 10.9 Å². The lowest BCUT2D eigenvalue weighted by molar-refractivity contribution is -0.142. The molecule has 344 valence electrons. The summed E-state index contributed by atoms with van der Waals surface area (Å²) in [5.41, 5.74) is 19.0. The number of fused-ring (bicyclic) bond motifs is 1. The van der Waals surface area contributed by atoms with Crippen molar-refractivity contribution < 1.29 is 48.6 Å². The lowest BCUT2D eigenvalue weighted by atomic mass is 10.0. The second kappa shape index (κ2) is 25.0. The number of imidazole rings is 1. The number of H-pyrrole nitrogens is 2. The molecule has 2 heterocycles. The number of aromatic amines is 2. The van der Waals surface area contributed by atoms with Crippen LogP contribution in [0, 0.1) is 5.92 Å². The number of carbonyl (C=O) groups is 8. The number of carboxylic acid groups (broad SMARTS) is 1. The van der Waals surface area contributed by atoms with E-state index in [1.54, 1.807) is 20.0 Å². The second-order valence-corrected chi connectivity index (χ2v) is 15.1. The van der Waals surface area contributed by atoms with Crippen molar-refractivity contribution in [2.75, 3.05) is 26.2 Å². The van der Waals surface area contributed by atoms with Gasteiger partial charge in [-0.05, 0) is 50.2 Å². The van der Waals surface area contributed by atoms with Crippen molar-refractivity contribution in [1.29, 1.82) is 0 Å². The zero-order chi connectivity index (χ0) is 46.6. The first kappa shape index (κ1) is 50.3. The number of hydrogen-bond donors (Lipinski definition) is 14. The Labute approximate surface area is 362 Å². The predicted molar refractivity (Wildman–Crippen MR) is 228 cm³/mol. The molecule has 1 aromatic carbocycles. The van der Waals surface area contributed by atoms with Crippen molar-refractivity contribution in [3.63, 3.8) is 0 Å². The summed E-state index contributed by atoms with van der Waals surface area (Å²) in [5.74, 6) is -7.17. The largest absolute Gasteiger partial charge is 0.480 e. The number of aliphatic carboxylic acids is 1. The average Bonchev–Trinajstić information content (AvgIpc) is 3.90. The fraction of sp³-hybridized carbons (Fsp3) is 0.487. The number of benzene rings is 1. The number of rotatable bonds is 26.